The third-order valence-corrected chi connectivity index (χ3v) is 7.35. The first-order valence-electron chi connectivity index (χ1n) is 11.4. The monoisotopic (exact) mass is 451 g/mol. The summed E-state index contributed by atoms with van der Waals surface area (Å²) in [6.45, 7) is 5.19. The second-order valence-electron chi connectivity index (χ2n) is 8.81. The number of nitrogens with one attached hydrogen (secondary N) is 1. The maximum Gasteiger partial charge on any atom is 0.279 e. The predicted molar refractivity (Wildman–Crippen MR) is 127 cm³/mol. The Morgan fingerprint density at radius 2 is 1.84 bits per heavy atom. The van der Waals surface area contributed by atoms with Crippen LogP contribution in [0.15, 0.2) is 42.5 Å². The van der Waals surface area contributed by atoms with Gasteiger partial charge in [0.15, 0.2) is 0 Å². The van der Waals surface area contributed by atoms with Crippen LogP contribution in [0.3, 0.4) is 0 Å². The molecule has 0 unspecified atom stereocenters. The minimum atomic E-state index is 0.227. The first kappa shape index (κ1) is 21.2. The van der Waals surface area contributed by atoms with Crippen molar-refractivity contribution in [3.05, 3.63) is 48.0 Å². The number of fused-ring (bicyclic) bond motifs is 3. The first-order valence-corrected chi connectivity index (χ1v) is 12.2. The Morgan fingerprint density at radius 1 is 1.12 bits per heavy atom. The molecule has 0 radical (unpaired) electrons. The lowest BCUT2D eigenvalue weighted by Gasteiger charge is -2.38. The molecule has 1 amide bonds. The van der Waals surface area contributed by atoms with Crippen molar-refractivity contribution in [2.75, 3.05) is 13.2 Å². The molecule has 168 valence electrons. The topological polar surface area (TPSA) is 63.7 Å². The molecule has 2 fully saturated rings. The number of carbonyl (C=O) groups excluding carboxylic acids is 1. The fourth-order valence-corrected chi connectivity index (χ4v) is 5.98. The summed E-state index contributed by atoms with van der Waals surface area (Å²) in [5.41, 5.74) is 2.18. The predicted octanol–water partition coefficient (Wildman–Crippen LogP) is 4.91. The molecule has 2 aliphatic heterocycles. The molecule has 2 bridgehead atoms. The van der Waals surface area contributed by atoms with Gasteiger partial charge in [0, 0.05) is 31.6 Å². The van der Waals surface area contributed by atoms with E-state index < -0.39 is 0 Å². The highest BCUT2D eigenvalue weighted by atomic mass is 32.1. The molecule has 3 aromatic rings. The lowest BCUT2D eigenvalue weighted by atomic mass is 9.97. The van der Waals surface area contributed by atoms with E-state index in [2.05, 4.69) is 34.3 Å². The van der Waals surface area contributed by atoms with Crippen LogP contribution in [0, 0.1) is 6.92 Å². The Bertz CT molecular complexity index is 1080. The number of rotatable bonds is 7. The Balaban J connectivity index is 1.07. The molecule has 3 heterocycles. The zero-order valence-electron chi connectivity index (χ0n) is 18.5. The molecule has 0 spiro atoms. The molecule has 5 rings (SSSR count). The van der Waals surface area contributed by atoms with Gasteiger partial charge >= 0.3 is 0 Å². The van der Waals surface area contributed by atoms with Crippen LogP contribution in [0.25, 0.3) is 10.2 Å². The normalized spacial score (nSPS) is 22.3. The van der Waals surface area contributed by atoms with Gasteiger partial charge in [-0.25, -0.2) is 4.98 Å². The summed E-state index contributed by atoms with van der Waals surface area (Å²) < 4.78 is 13.0. The van der Waals surface area contributed by atoms with Crippen LogP contribution in [-0.4, -0.2) is 47.1 Å². The summed E-state index contributed by atoms with van der Waals surface area (Å²) in [4.78, 5) is 18.5. The van der Waals surface area contributed by atoms with Crippen LogP contribution in [-0.2, 0) is 4.79 Å². The zero-order chi connectivity index (χ0) is 22.1. The van der Waals surface area contributed by atoms with E-state index in [4.69, 9.17) is 9.47 Å². The van der Waals surface area contributed by atoms with E-state index in [0.717, 1.165) is 53.9 Å². The number of aromatic nitrogens is 1. The average Bonchev–Trinajstić information content (AvgIpc) is 3.29. The van der Waals surface area contributed by atoms with E-state index in [9.17, 15) is 4.79 Å². The van der Waals surface area contributed by atoms with Crippen LogP contribution in [0.5, 0.6) is 16.7 Å². The number of nitrogens with zero attached hydrogens (tertiary/aromatic N) is 2. The van der Waals surface area contributed by atoms with E-state index in [0.29, 0.717) is 29.9 Å². The molecule has 0 aliphatic carbocycles. The third kappa shape index (κ3) is 4.59. The number of ether oxygens (including phenoxy) is 2. The van der Waals surface area contributed by atoms with Gasteiger partial charge in [0.05, 0.1) is 10.2 Å². The maximum absolute atomic E-state index is 11.8. The summed E-state index contributed by atoms with van der Waals surface area (Å²) in [5.74, 6) is 1.80. The van der Waals surface area contributed by atoms with Gasteiger partial charge in [0.2, 0.25) is 5.91 Å². The number of aryl methyl sites for hydroxylation is 1. The van der Waals surface area contributed by atoms with Crippen LogP contribution in [0.2, 0.25) is 0 Å². The van der Waals surface area contributed by atoms with Gasteiger partial charge in [-0.2, -0.15) is 0 Å². The van der Waals surface area contributed by atoms with Gasteiger partial charge in [0.25, 0.3) is 5.19 Å². The SMILES string of the molecule is CC(=O)N1[C@@H]2CC[C@H]1C[C@@H](NCCOc1ccc(Oc3nc4ccc(C)cc4s3)cc1)C2. The Labute approximate surface area is 192 Å². The lowest BCUT2D eigenvalue weighted by molar-refractivity contribution is -0.133. The van der Waals surface area contributed by atoms with E-state index in [1.54, 1.807) is 18.3 Å². The number of amides is 1. The Morgan fingerprint density at radius 3 is 2.56 bits per heavy atom. The molecule has 7 heteroatoms. The average molecular weight is 452 g/mol. The van der Waals surface area contributed by atoms with Crippen molar-refractivity contribution in [2.45, 2.75) is 57.7 Å². The van der Waals surface area contributed by atoms with Gasteiger partial charge < -0.3 is 19.7 Å². The second-order valence-corrected chi connectivity index (χ2v) is 9.80. The summed E-state index contributed by atoms with van der Waals surface area (Å²) in [5, 5.41) is 4.26. The third-order valence-electron chi connectivity index (χ3n) is 6.45. The van der Waals surface area contributed by atoms with Crippen LogP contribution in [0.4, 0.5) is 0 Å². The zero-order valence-corrected chi connectivity index (χ0v) is 19.4. The smallest absolute Gasteiger partial charge is 0.279 e. The Kier molecular flexibility index (Phi) is 6.02. The number of thiazole rings is 1. The Hall–Kier alpha value is -2.64. The molecule has 32 heavy (non-hydrogen) atoms. The number of hydrogen-bond acceptors (Lipinski definition) is 6. The molecule has 3 atom stereocenters. The lowest BCUT2D eigenvalue weighted by Crippen LogP contribution is -2.51. The minimum Gasteiger partial charge on any atom is -0.492 e. The van der Waals surface area contributed by atoms with Crippen molar-refractivity contribution in [1.82, 2.24) is 15.2 Å². The molecule has 0 saturated carbocycles. The summed E-state index contributed by atoms with van der Waals surface area (Å²) >= 11 is 1.55. The van der Waals surface area contributed by atoms with Gasteiger partial charge in [-0.15, -0.1) is 0 Å². The molecular formula is C25H29N3O3S. The highest BCUT2D eigenvalue weighted by Crippen LogP contribution is 2.36. The molecule has 6 nitrogen and oxygen atoms in total. The second kappa shape index (κ2) is 9.08. The van der Waals surface area contributed by atoms with Gasteiger partial charge in [-0.05, 0) is 74.6 Å². The van der Waals surface area contributed by atoms with Crippen molar-refractivity contribution in [3.8, 4) is 16.7 Å². The van der Waals surface area contributed by atoms with E-state index in [1.807, 2.05) is 30.3 Å². The van der Waals surface area contributed by atoms with Crippen molar-refractivity contribution in [3.63, 3.8) is 0 Å². The number of hydrogen-bond donors (Lipinski definition) is 1. The van der Waals surface area contributed by atoms with Crippen molar-refractivity contribution >= 4 is 27.5 Å². The molecular weight excluding hydrogens is 422 g/mol. The summed E-state index contributed by atoms with van der Waals surface area (Å²) in [6.07, 6.45) is 4.38. The van der Waals surface area contributed by atoms with E-state index in [1.165, 1.54) is 5.56 Å². The summed E-state index contributed by atoms with van der Waals surface area (Å²) in [6, 6.07) is 15.2. The quantitative estimate of drug-likeness (QED) is 0.517. The number of carbonyl (C=O) groups is 1. The van der Waals surface area contributed by atoms with Gasteiger partial charge in [-0.1, -0.05) is 17.4 Å². The molecule has 1 N–H and O–H groups in total. The van der Waals surface area contributed by atoms with E-state index in [-0.39, 0.29) is 5.91 Å². The van der Waals surface area contributed by atoms with Crippen LogP contribution in [0.1, 0.15) is 38.2 Å². The fraction of sp³-hybridized carbons (Fsp3) is 0.440. The maximum atomic E-state index is 11.8. The molecule has 2 saturated heterocycles. The largest absolute Gasteiger partial charge is 0.492 e. The molecule has 1 aromatic heterocycles. The van der Waals surface area contributed by atoms with Crippen LogP contribution < -0.4 is 14.8 Å². The highest BCUT2D eigenvalue weighted by Gasteiger charge is 2.41. The standard InChI is InChI=1S/C25H29N3O3S/c1-16-3-10-23-24(13-16)32-25(27-23)31-22-8-6-21(7-9-22)30-12-11-26-18-14-19-4-5-20(15-18)28(19)17(2)29/h3,6-10,13,18-20,26H,4-5,11-12,14-15H2,1-2H3/t18-,19+,20-. The number of benzene rings is 2. The van der Waals surface area contributed by atoms with Gasteiger partial charge in [-0.3, -0.25) is 4.79 Å². The van der Waals surface area contributed by atoms with Crippen molar-refractivity contribution in [2.24, 2.45) is 0 Å². The fourth-order valence-electron chi connectivity index (χ4n) is 5.05. The summed E-state index contributed by atoms with van der Waals surface area (Å²) in [7, 11) is 0. The van der Waals surface area contributed by atoms with Crippen molar-refractivity contribution in [1.29, 1.82) is 0 Å². The number of piperidine rings is 1. The first-order chi connectivity index (χ1) is 15.5. The van der Waals surface area contributed by atoms with Crippen molar-refractivity contribution < 1.29 is 14.3 Å². The molecule has 2 aromatic carbocycles. The van der Waals surface area contributed by atoms with E-state index >= 15 is 0 Å². The highest BCUT2D eigenvalue weighted by molar-refractivity contribution is 7.20. The minimum absolute atomic E-state index is 0.227. The van der Waals surface area contributed by atoms with Gasteiger partial charge in [0.1, 0.15) is 18.1 Å². The molecule has 2 aliphatic rings. The van der Waals surface area contributed by atoms with Crippen LogP contribution >= 0.6 is 11.3 Å².